The van der Waals surface area contributed by atoms with E-state index in [1.54, 1.807) is 6.20 Å². The van der Waals surface area contributed by atoms with Gasteiger partial charge in [0, 0.05) is 22.8 Å². The van der Waals surface area contributed by atoms with Crippen LogP contribution in [-0.2, 0) is 0 Å². The highest BCUT2D eigenvalue weighted by atomic mass is 32.1. The molecule has 0 aliphatic carbocycles. The van der Waals surface area contributed by atoms with Gasteiger partial charge >= 0.3 is 5.97 Å². The third-order valence-corrected chi connectivity index (χ3v) is 2.84. The Hall–Kier alpha value is -1.75. The van der Waals surface area contributed by atoms with E-state index < -0.39 is 5.97 Å². The molecule has 0 aliphatic rings. The summed E-state index contributed by atoms with van der Waals surface area (Å²) in [6, 6.07) is 3.69. The summed E-state index contributed by atoms with van der Waals surface area (Å²) < 4.78 is 0. The predicted octanol–water partition coefficient (Wildman–Crippen LogP) is 2.21. The Bertz CT molecular complexity index is 508. The Morgan fingerprint density at radius 3 is 2.93 bits per heavy atom. The third-order valence-electron chi connectivity index (χ3n) is 1.96. The Kier molecular flexibility index (Phi) is 2.47. The van der Waals surface area contributed by atoms with Crippen molar-refractivity contribution >= 4 is 17.3 Å². The summed E-state index contributed by atoms with van der Waals surface area (Å²) in [5.41, 5.74) is 1.82. The van der Waals surface area contributed by atoms with Crippen molar-refractivity contribution in [3.63, 3.8) is 0 Å². The number of carboxylic acids is 1. The van der Waals surface area contributed by atoms with Crippen molar-refractivity contribution in [3.05, 3.63) is 35.1 Å². The van der Waals surface area contributed by atoms with Crippen LogP contribution in [0.3, 0.4) is 0 Å². The van der Waals surface area contributed by atoms with Crippen LogP contribution >= 0.6 is 11.3 Å². The maximum Gasteiger partial charge on any atom is 0.355 e. The second kappa shape index (κ2) is 3.78. The molecule has 15 heavy (non-hydrogen) atoms. The topological polar surface area (TPSA) is 63.1 Å². The van der Waals surface area contributed by atoms with Gasteiger partial charge in [-0.25, -0.2) is 9.78 Å². The number of hydrogen-bond donors (Lipinski definition) is 1. The maximum atomic E-state index is 10.7. The van der Waals surface area contributed by atoms with Crippen LogP contribution < -0.4 is 0 Å². The second-order valence-electron chi connectivity index (χ2n) is 2.98. The minimum atomic E-state index is -1.00. The van der Waals surface area contributed by atoms with E-state index in [0.29, 0.717) is 5.01 Å². The molecule has 0 aliphatic heterocycles. The van der Waals surface area contributed by atoms with E-state index in [-0.39, 0.29) is 5.69 Å². The minimum Gasteiger partial charge on any atom is -0.476 e. The van der Waals surface area contributed by atoms with Crippen molar-refractivity contribution < 1.29 is 9.90 Å². The van der Waals surface area contributed by atoms with Crippen molar-refractivity contribution in [2.45, 2.75) is 6.92 Å². The van der Waals surface area contributed by atoms with Gasteiger partial charge in [-0.3, -0.25) is 4.98 Å². The van der Waals surface area contributed by atoms with E-state index in [4.69, 9.17) is 5.11 Å². The molecule has 0 saturated heterocycles. The van der Waals surface area contributed by atoms with E-state index in [9.17, 15) is 4.79 Å². The maximum absolute atomic E-state index is 10.7. The summed E-state index contributed by atoms with van der Waals surface area (Å²) in [4.78, 5) is 18.8. The first-order valence-corrected chi connectivity index (χ1v) is 5.17. The molecule has 0 unspecified atom stereocenters. The number of aromatic carboxylic acids is 1. The first-order chi connectivity index (χ1) is 7.18. The van der Waals surface area contributed by atoms with E-state index in [1.165, 1.54) is 16.7 Å². The van der Waals surface area contributed by atoms with Crippen LogP contribution in [0.1, 0.15) is 16.2 Å². The molecule has 0 aromatic carbocycles. The first-order valence-electron chi connectivity index (χ1n) is 4.29. The SMILES string of the molecule is Cc1ncccc1-c1nc(C(=O)O)cs1. The molecule has 0 atom stereocenters. The van der Waals surface area contributed by atoms with E-state index >= 15 is 0 Å². The predicted molar refractivity (Wildman–Crippen MR) is 57.0 cm³/mol. The minimum absolute atomic E-state index is 0.0817. The summed E-state index contributed by atoms with van der Waals surface area (Å²) in [6.45, 7) is 1.87. The van der Waals surface area contributed by atoms with Crippen LogP contribution in [-0.4, -0.2) is 21.0 Å². The van der Waals surface area contributed by atoms with Gasteiger partial charge in [-0.05, 0) is 19.1 Å². The van der Waals surface area contributed by atoms with Crippen molar-refractivity contribution in [1.82, 2.24) is 9.97 Å². The fourth-order valence-corrected chi connectivity index (χ4v) is 2.08. The number of carbonyl (C=O) groups is 1. The van der Waals surface area contributed by atoms with Gasteiger partial charge in [-0.15, -0.1) is 11.3 Å². The molecule has 2 aromatic rings. The summed E-state index contributed by atoms with van der Waals surface area (Å²) in [5, 5.41) is 11.0. The number of pyridine rings is 1. The molecule has 76 valence electrons. The molecule has 0 amide bonds. The lowest BCUT2D eigenvalue weighted by Crippen LogP contribution is -1.96. The lowest BCUT2D eigenvalue weighted by Gasteiger charge is -1.98. The third kappa shape index (κ3) is 1.87. The molecule has 0 fully saturated rings. The Morgan fingerprint density at radius 1 is 1.53 bits per heavy atom. The van der Waals surface area contributed by atoms with E-state index in [1.807, 2.05) is 19.1 Å². The standard InChI is InChI=1S/C10H8N2O2S/c1-6-7(3-2-4-11-6)9-12-8(5-15-9)10(13)14/h2-5H,1H3,(H,13,14). The van der Waals surface area contributed by atoms with Crippen LogP contribution in [0, 0.1) is 6.92 Å². The molecule has 0 radical (unpaired) electrons. The molecule has 1 N–H and O–H groups in total. The average molecular weight is 220 g/mol. The lowest BCUT2D eigenvalue weighted by molar-refractivity contribution is 0.0691. The largest absolute Gasteiger partial charge is 0.476 e. The zero-order valence-corrected chi connectivity index (χ0v) is 8.78. The zero-order chi connectivity index (χ0) is 10.8. The number of thiazole rings is 1. The second-order valence-corrected chi connectivity index (χ2v) is 3.84. The zero-order valence-electron chi connectivity index (χ0n) is 7.97. The molecule has 4 nitrogen and oxygen atoms in total. The van der Waals surface area contributed by atoms with Gasteiger partial charge in [0.1, 0.15) is 5.01 Å². The molecule has 5 heteroatoms. The summed E-state index contributed by atoms with van der Waals surface area (Å²) >= 11 is 1.31. The summed E-state index contributed by atoms with van der Waals surface area (Å²) in [7, 11) is 0. The number of aromatic nitrogens is 2. The Labute approximate surface area is 90.3 Å². The highest BCUT2D eigenvalue weighted by Crippen LogP contribution is 2.25. The number of hydrogen-bond acceptors (Lipinski definition) is 4. The van der Waals surface area contributed by atoms with Gasteiger partial charge in [0.15, 0.2) is 5.69 Å². The van der Waals surface area contributed by atoms with Gasteiger partial charge in [0.25, 0.3) is 0 Å². The van der Waals surface area contributed by atoms with Gasteiger partial charge in [0.05, 0.1) is 0 Å². The quantitative estimate of drug-likeness (QED) is 0.842. The molecular weight excluding hydrogens is 212 g/mol. The van der Waals surface area contributed by atoms with Gasteiger partial charge < -0.3 is 5.11 Å². The monoisotopic (exact) mass is 220 g/mol. The molecule has 0 spiro atoms. The average Bonchev–Trinajstić information content (AvgIpc) is 2.67. The summed E-state index contributed by atoms with van der Waals surface area (Å²) in [5.74, 6) is -1.00. The molecule has 2 aromatic heterocycles. The number of aryl methyl sites for hydroxylation is 1. The molecule has 0 bridgehead atoms. The number of carboxylic acid groups (broad SMARTS) is 1. The van der Waals surface area contributed by atoms with Crippen molar-refractivity contribution in [2.24, 2.45) is 0 Å². The molecule has 2 rings (SSSR count). The van der Waals surface area contributed by atoms with Crippen molar-refractivity contribution in [2.75, 3.05) is 0 Å². The van der Waals surface area contributed by atoms with E-state index in [2.05, 4.69) is 9.97 Å². The van der Waals surface area contributed by atoms with Gasteiger partial charge in [0.2, 0.25) is 0 Å². The van der Waals surface area contributed by atoms with Crippen molar-refractivity contribution in [1.29, 1.82) is 0 Å². The van der Waals surface area contributed by atoms with Crippen LogP contribution in [0.4, 0.5) is 0 Å². The molecular formula is C10H8N2O2S. The fourth-order valence-electron chi connectivity index (χ4n) is 1.21. The fraction of sp³-hybridized carbons (Fsp3) is 0.100. The van der Waals surface area contributed by atoms with Gasteiger partial charge in [-0.2, -0.15) is 0 Å². The van der Waals surface area contributed by atoms with Crippen molar-refractivity contribution in [3.8, 4) is 10.6 Å². The van der Waals surface area contributed by atoms with Gasteiger partial charge in [-0.1, -0.05) is 0 Å². The normalized spacial score (nSPS) is 10.2. The summed E-state index contributed by atoms with van der Waals surface area (Å²) in [6.07, 6.45) is 1.70. The van der Waals surface area contributed by atoms with Crippen LogP contribution in [0.25, 0.3) is 10.6 Å². The lowest BCUT2D eigenvalue weighted by atomic mass is 10.2. The van der Waals surface area contributed by atoms with Crippen LogP contribution in [0.2, 0.25) is 0 Å². The number of rotatable bonds is 2. The van der Waals surface area contributed by atoms with Crippen LogP contribution in [0.5, 0.6) is 0 Å². The smallest absolute Gasteiger partial charge is 0.355 e. The van der Waals surface area contributed by atoms with Crippen LogP contribution in [0.15, 0.2) is 23.7 Å². The molecule has 2 heterocycles. The highest BCUT2D eigenvalue weighted by molar-refractivity contribution is 7.13. The Morgan fingerprint density at radius 2 is 2.33 bits per heavy atom. The molecule has 0 saturated carbocycles. The Balaban J connectivity index is 2.46. The first kappa shape index (κ1) is 9.79. The number of nitrogens with zero attached hydrogens (tertiary/aromatic N) is 2. The van der Waals surface area contributed by atoms with E-state index in [0.717, 1.165) is 11.3 Å². The highest BCUT2D eigenvalue weighted by Gasteiger charge is 2.11.